The third-order valence-corrected chi connectivity index (χ3v) is 4.00. The van der Waals surface area contributed by atoms with E-state index in [2.05, 4.69) is 21.5 Å². The van der Waals surface area contributed by atoms with E-state index in [0.29, 0.717) is 23.2 Å². The highest BCUT2D eigenvalue weighted by atomic mass is 32.1. The van der Waals surface area contributed by atoms with Gasteiger partial charge in [0.2, 0.25) is 6.79 Å². The number of nitrogens with one attached hydrogen (secondary N) is 4. The average molecular weight is 388 g/mol. The summed E-state index contributed by atoms with van der Waals surface area (Å²) in [5.74, 6) is 1.84. The lowest BCUT2D eigenvalue weighted by Gasteiger charge is -2.13. The molecule has 2 aromatic rings. The molecule has 27 heavy (non-hydrogen) atoms. The van der Waals surface area contributed by atoms with E-state index in [-0.39, 0.29) is 19.2 Å². The van der Waals surface area contributed by atoms with Gasteiger partial charge < -0.3 is 24.8 Å². The fourth-order valence-corrected chi connectivity index (χ4v) is 2.54. The van der Waals surface area contributed by atoms with Crippen LogP contribution < -0.4 is 35.7 Å². The molecule has 1 aliphatic rings. The molecule has 2 aromatic carbocycles. The maximum absolute atomic E-state index is 11.9. The third-order valence-electron chi connectivity index (χ3n) is 3.75. The number of hydrazine groups is 1. The fraction of sp³-hybridized carbons (Fsp3) is 0.222. The Bertz CT molecular complexity index is 831. The summed E-state index contributed by atoms with van der Waals surface area (Å²) in [5.41, 5.74) is 6.91. The molecule has 0 saturated carbocycles. The van der Waals surface area contributed by atoms with E-state index in [1.807, 2.05) is 42.5 Å². The molecule has 0 aromatic heterocycles. The van der Waals surface area contributed by atoms with Gasteiger partial charge in [0.15, 0.2) is 16.6 Å². The van der Waals surface area contributed by atoms with Crippen molar-refractivity contribution >= 4 is 28.9 Å². The summed E-state index contributed by atoms with van der Waals surface area (Å²) in [5, 5.41) is 6.31. The van der Waals surface area contributed by atoms with Crippen LogP contribution in [-0.4, -0.2) is 31.5 Å². The smallest absolute Gasteiger partial charge is 0.257 e. The number of benzene rings is 2. The van der Waals surface area contributed by atoms with Crippen LogP contribution in [0.1, 0.15) is 5.56 Å². The van der Waals surface area contributed by atoms with Crippen molar-refractivity contribution in [3.8, 4) is 17.2 Å². The standard InChI is InChI=1S/C18H20N4O4S/c1-24-14-5-3-2-4-13(14)19-10-17(23)21-22-18(27)20-9-12-6-7-15-16(8-12)26-11-25-15/h2-8,19H,9-11H2,1H3,(H,21,23)(H2,20,22,27). The van der Waals surface area contributed by atoms with Crippen molar-refractivity contribution < 1.29 is 19.0 Å². The predicted octanol–water partition coefficient (Wildman–Crippen LogP) is 1.53. The maximum atomic E-state index is 11.9. The molecule has 0 unspecified atom stereocenters. The van der Waals surface area contributed by atoms with E-state index in [1.54, 1.807) is 7.11 Å². The number of fused-ring (bicyclic) bond motifs is 1. The van der Waals surface area contributed by atoms with Crippen molar-refractivity contribution in [1.82, 2.24) is 16.2 Å². The number of carbonyl (C=O) groups is 1. The first-order valence-electron chi connectivity index (χ1n) is 8.24. The summed E-state index contributed by atoms with van der Waals surface area (Å²) in [4.78, 5) is 11.9. The van der Waals surface area contributed by atoms with Crippen LogP contribution in [0.2, 0.25) is 0 Å². The molecule has 0 atom stereocenters. The second-order valence-corrected chi connectivity index (χ2v) is 6.01. The Hall–Kier alpha value is -3.20. The van der Waals surface area contributed by atoms with Crippen molar-refractivity contribution in [2.45, 2.75) is 6.54 Å². The summed E-state index contributed by atoms with van der Waals surface area (Å²) >= 11 is 5.15. The van der Waals surface area contributed by atoms with Crippen molar-refractivity contribution in [2.24, 2.45) is 0 Å². The molecule has 0 bridgehead atoms. The molecule has 3 rings (SSSR count). The van der Waals surface area contributed by atoms with Gasteiger partial charge in [0, 0.05) is 6.54 Å². The molecule has 1 amide bonds. The number of ether oxygens (including phenoxy) is 3. The summed E-state index contributed by atoms with van der Waals surface area (Å²) in [6, 6.07) is 13.0. The third kappa shape index (κ3) is 5.14. The maximum Gasteiger partial charge on any atom is 0.257 e. The number of hydrogen-bond acceptors (Lipinski definition) is 6. The highest BCUT2D eigenvalue weighted by Crippen LogP contribution is 2.32. The van der Waals surface area contributed by atoms with E-state index in [4.69, 9.17) is 26.4 Å². The first-order valence-corrected chi connectivity index (χ1v) is 8.64. The Morgan fingerprint density at radius 1 is 1.15 bits per heavy atom. The van der Waals surface area contributed by atoms with Crippen LogP contribution >= 0.6 is 12.2 Å². The van der Waals surface area contributed by atoms with Gasteiger partial charge in [-0.05, 0) is 42.0 Å². The molecule has 1 aliphatic heterocycles. The molecule has 1 heterocycles. The molecule has 0 fully saturated rings. The number of para-hydroxylation sites is 2. The Balaban J connectivity index is 1.38. The first kappa shape index (κ1) is 18.6. The fourth-order valence-electron chi connectivity index (χ4n) is 2.41. The minimum atomic E-state index is -0.270. The molecule has 142 valence electrons. The summed E-state index contributed by atoms with van der Waals surface area (Å²) in [7, 11) is 1.58. The van der Waals surface area contributed by atoms with E-state index in [1.165, 1.54) is 0 Å². The van der Waals surface area contributed by atoms with Gasteiger partial charge in [0.05, 0.1) is 19.3 Å². The predicted molar refractivity (Wildman–Crippen MR) is 105 cm³/mol. The number of thiocarbonyl (C=S) groups is 1. The van der Waals surface area contributed by atoms with Gasteiger partial charge >= 0.3 is 0 Å². The molecule has 0 radical (unpaired) electrons. The minimum Gasteiger partial charge on any atom is -0.495 e. The first-order chi connectivity index (χ1) is 13.2. The van der Waals surface area contributed by atoms with Crippen LogP contribution in [0.3, 0.4) is 0 Å². The van der Waals surface area contributed by atoms with Gasteiger partial charge in [-0.15, -0.1) is 0 Å². The van der Waals surface area contributed by atoms with Crippen molar-refractivity contribution in [3.63, 3.8) is 0 Å². The molecule has 9 heteroatoms. The van der Waals surface area contributed by atoms with Crippen LogP contribution in [0, 0.1) is 0 Å². The van der Waals surface area contributed by atoms with Crippen LogP contribution in [0.15, 0.2) is 42.5 Å². The monoisotopic (exact) mass is 388 g/mol. The van der Waals surface area contributed by atoms with Gasteiger partial charge in [-0.2, -0.15) is 0 Å². The van der Waals surface area contributed by atoms with Gasteiger partial charge in [0.25, 0.3) is 5.91 Å². The van der Waals surface area contributed by atoms with Crippen LogP contribution in [-0.2, 0) is 11.3 Å². The zero-order chi connectivity index (χ0) is 19.1. The number of carbonyl (C=O) groups excluding carboxylic acids is 1. The Morgan fingerprint density at radius 3 is 2.81 bits per heavy atom. The van der Waals surface area contributed by atoms with Gasteiger partial charge in [-0.1, -0.05) is 18.2 Å². The lowest BCUT2D eigenvalue weighted by Crippen LogP contribution is -2.48. The normalized spacial score (nSPS) is 11.4. The van der Waals surface area contributed by atoms with Crippen molar-refractivity contribution in [2.75, 3.05) is 25.8 Å². The summed E-state index contributed by atoms with van der Waals surface area (Å²) < 4.78 is 15.8. The Labute approximate surface area is 162 Å². The molecule has 8 nitrogen and oxygen atoms in total. The molecule has 0 saturated heterocycles. The van der Waals surface area contributed by atoms with Crippen LogP contribution in [0.4, 0.5) is 5.69 Å². The Morgan fingerprint density at radius 2 is 1.96 bits per heavy atom. The van der Waals surface area contributed by atoms with Gasteiger partial charge in [-0.3, -0.25) is 15.6 Å². The second-order valence-electron chi connectivity index (χ2n) is 5.60. The van der Waals surface area contributed by atoms with E-state index in [9.17, 15) is 4.79 Å². The lowest BCUT2D eigenvalue weighted by atomic mass is 10.2. The van der Waals surface area contributed by atoms with Crippen LogP contribution in [0.25, 0.3) is 0 Å². The lowest BCUT2D eigenvalue weighted by molar-refractivity contribution is -0.119. The van der Waals surface area contributed by atoms with Gasteiger partial charge in [0.1, 0.15) is 5.75 Å². The topological polar surface area (TPSA) is 92.9 Å². The van der Waals surface area contributed by atoms with Crippen molar-refractivity contribution in [3.05, 3.63) is 48.0 Å². The molecule has 0 aliphatic carbocycles. The van der Waals surface area contributed by atoms with Gasteiger partial charge in [-0.25, -0.2) is 0 Å². The van der Waals surface area contributed by atoms with E-state index >= 15 is 0 Å². The number of hydrogen-bond donors (Lipinski definition) is 4. The number of rotatable bonds is 6. The van der Waals surface area contributed by atoms with Crippen molar-refractivity contribution in [1.29, 1.82) is 0 Å². The number of anilines is 1. The zero-order valence-electron chi connectivity index (χ0n) is 14.7. The average Bonchev–Trinajstić information content (AvgIpc) is 3.17. The number of methoxy groups -OCH3 is 1. The number of amides is 1. The summed E-state index contributed by atoms with van der Waals surface area (Å²) in [6.45, 7) is 0.789. The summed E-state index contributed by atoms with van der Waals surface area (Å²) in [6.07, 6.45) is 0. The Kier molecular flexibility index (Phi) is 6.16. The SMILES string of the molecule is COc1ccccc1NCC(=O)NNC(=S)NCc1ccc2c(c1)OCO2. The highest BCUT2D eigenvalue weighted by Gasteiger charge is 2.13. The highest BCUT2D eigenvalue weighted by molar-refractivity contribution is 7.80. The molecule has 0 spiro atoms. The minimum absolute atomic E-state index is 0.0676. The largest absolute Gasteiger partial charge is 0.495 e. The molecular formula is C18H20N4O4S. The zero-order valence-corrected chi connectivity index (χ0v) is 15.5. The van der Waals surface area contributed by atoms with E-state index in [0.717, 1.165) is 17.0 Å². The second kappa shape index (κ2) is 8.95. The van der Waals surface area contributed by atoms with E-state index < -0.39 is 0 Å². The molecular weight excluding hydrogens is 368 g/mol. The van der Waals surface area contributed by atoms with Crippen LogP contribution in [0.5, 0.6) is 17.2 Å². The molecule has 4 N–H and O–H groups in total. The quantitative estimate of drug-likeness (QED) is 0.437.